The highest BCUT2D eigenvalue weighted by Crippen LogP contribution is 2.17. The maximum absolute atomic E-state index is 5.60. The number of nitrogens with zero attached hydrogens (tertiary/aromatic N) is 2. The van der Waals surface area contributed by atoms with Crippen LogP contribution in [0.3, 0.4) is 0 Å². The standard InChI is InChI=1S/C11H21N3/c1-8(2)7-10-9(3)13-14(4)11(10)5-6-12/h8H,5-7,12H2,1-4H3. The molecule has 0 radical (unpaired) electrons. The number of aryl methyl sites for hydroxylation is 2. The summed E-state index contributed by atoms with van der Waals surface area (Å²) in [6.07, 6.45) is 2.04. The van der Waals surface area contributed by atoms with Gasteiger partial charge in [0, 0.05) is 19.2 Å². The molecule has 0 aliphatic rings. The maximum atomic E-state index is 5.60. The summed E-state index contributed by atoms with van der Waals surface area (Å²) in [6, 6.07) is 0. The van der Waals surface area contributed by atoms with E-state index < -0.39 is 0 Å². The van der Waals surface area contributed by atoms with E-state index in [-0.39, 0.29) is 0 Å². The van der Waals surface area contributed by atoms with Crippen LogP contribution in [-0.2, 0) is 19.9 Å². The smallest absolute Gasteiger partial charge is 0.0628 e. The zero-order valence-corrected chi connectivity index (χ0v) is 9.67. The number of hydrogen-bond acceptors (Lipinski definition) is 2. The molecular weight excluding hydrogens is 174 g/mol. The predicted molar refractivity (Wildman–Crippen MR) is 59.2 cm³/mol. The molecule has 1 aromatic rings. The van der Waals surface area contributed by atoms with E-state index in [9.17, 15) is 0 Å². The van der Waals surface area contributed by atoms with Gasteiger partial charge in [0.25, 0.3) is 0 Å². The Hall–Kier alpha value is -0.830. The molecule has 3 nitrogen and oxygen atoms in total. The third-order valence-corrected chi connectivity index (χ3v) is 2.47. The molecule has 2 N–H and O–H groups in total. The quantitative estimate of drug-likeness (QED) is 0.790. The van der Waals surface area contributed by atoms with Crippen molar-refractivity contribution in [2.45, 2.75) is 33.6 Å². The Bertz CT molecular complexity index is 300. The summed E-state index contributed by atoms with van der Waals surface area (Å²) < 4.78 is 1.97. The largest absolute Gasteiger partial charge is 0.330 e. The summed E-state index contributed by atoms with van der Waals surface area (Å²) in [5, 5.41) is 4.44. The molecule has 0 amide bonds. The van der Waals surface area contributed by atoms with Gasteiger partial charge in [-0.15, -0.1) is 0 Å². The Morgan fingerprint density at radius 1 is 1.43 bits per heavy atom. The van der Waals surface area contributed by atoms with E-state index in [1.807, 2.05) is 11.7 Å². The minimum Gasteiger partial charge on any atom is -0.330 e. The van der Waals surface area contributed by atoms with Gasteiger partial charge in [-0.25, -0.2) is 0 Å². The zero-order valence-electron chi connectivity index (χ0n) is 9.67. The van der Waals surface area contributed by atoms with Crippen molar-refractivity contribution >= 4 is 0 Å². The highest BCUT2D eigenvalue weighted by Gasteiger charge is 2.13. The number of aromatic nitrogens is 2. The number of nitrogens with two attached hydrogens (primary N) is 1. The fourth-order valence-corrected chi connectivity index (χ4v) is 1.87. The van der Waals surface area contributed by atoms with Crippen LogP contribution in [0.4, 0.5) is 0 Å². The molecule has 1 aromatic heterocycles. The maximum Gasteiger partial charge on any atom is 0.0628 e. The predicted octanol–water partition coefficient (Wildman–Crippen LogP) is 1.43. The van der Waals surface area contributed by atoms with Crippen molar-refractivity contribution in [3.05, 3.63) is 17.0 Å². The SMILES string of the molecule is Cc1nn(C)c(CCN)c1CC(C)C. The first-order valence-corrected chi connectivity index (χ1v) is 5.27. The first-order chi connectivity index (χ1) is 6.56. The zero-order chi connectivity index (χ0) is 10.7. The van der Waals surface area contributed by atoms with E-state index in [1.54, 1.807) is 0 Å². The second kappa shape index (κ2) is 4.60. The molecule has 0 unspecified atom stereocenters. The van der Waals surface area contributed by atoms with Gasteiger partial charge in [0.05, 0.1) is 5.69 Å². The summed E-state index contributed by atoms with van der Waals surface area (Å²) in [5.74, 6) is 0.675. The van der Waals surface area contributed by atoms with E-state index in [4.69, 9.17) is 5.73 Å². The van der Waals surface area contributed by atoms with Gasteiger partial charge in [0.2, 0.25) is 0 Å². The third kappa shape index (κ3) is 2.35. The van der Waals surface area contributed by atoms with E-state index in [0.29, 0.717) is 12.5 Å². The van der Waals surface area contributed by atoms with Gasteiger partial charge in [0.1, 0.15) is 0 Å². The fourth-order valence-electron chi connectivity index (χ4n) is 1.87. The van der Waals surface area contributed by atoms with Crippen LogP contribution in [0, 0.1) is 12.8 Å². The molecule has 0 aliphatic heterocycles. The molecule has 1 rings (SSSR count). The van der Waals surface area contributed by atoms with Crippen LogP contribution in [0.15, 0.2) is 0 Å². The van der Waals surface area contributed by atoms with Crippen LogP contribution in [0.5, 0.6) is 0 Å². The third-order valence-electron chi connectivity index (χ3n) is 2.47. The van der Waals surface area contributed by atoms with Crippen molar-refractivity contribution < 1.29 is 0 Å². The molecule has 3 heteroatoms. The van der Waals surface area contributed by atoms with E-state index >= 15 is 0 Å². The van der Waals surface area contributed by atoms with Crippen molar-refractivity contribution in [1.82, 2.24) is 9.78 Å². The van der Waals surface area contributed by atoms with E-state index in [1.165, 1.54) is 11.3 Å². The molecule has 14 heavy (non-hydrogen) atoms. The Morgan fingerprint density at radius 2 is 2.07 bits per heavy atom. The summed E-state index contributed by atoms with van der Waals surface area (Å²) in [4.78, 5) is 0. The topological polar surface area (TPSA) is 43.8 Å². The normalized spacial score (nSPS) is 11.3. The second-order valence-corrected chi connectivity index (χ2v) is 4.27. The minimum absolute atomic E-state index is 0.675. The van der Waals surface area contributed by atoms with Crippen LogP contribution in [0.1, 0.15) is 30.8 Å². The van der Waals surface area contributed by atoms with Gasteiger partial charge >= 0.3 is 0 Å². The first kappa shape index (κ1) is 11.2. The van der Waals surface area contributed by atoms with E-state index in [0.717, 1.165) is 18.5 Å². The second-order valence-electron chi connectivity index (χ2n) is 4.27. The molecule has 0 aliphatic carbocycles. The van der Waals surface area contributed by atoms with Crippen molar-refractivity contribution in [2.24, 2.45) is 18.7 Å². The van der Waals surface area contributed by atoms with Crippen LogP contribution in [-0.4, -0.2) is 16.3 Å². The average Bonchev–Trinajstić information content (AvgIpc) is 2.31. The van der Waals surface area contributed by atoms with Crippen molar-refractivity contribution in [3.8, 4) is 0 Å². The lowest BCUT2D eigenvalue weighted by molar-refractivity contribution is 0.635. The van der Waals surface area contributed by atoms with Crippen LogP contribution in [0.25, 0.3) is 0 Å². The fraction of sp³-hybridized carbons (Fsp3) is 0.727. The molecule has 1 heterocycles. The molecule has 80 valence electrons. The molecule has 0 atom stereocenters. The highest BCUT2D eigenvalue weighted by atomic mass is 15.3. The molecular formula is C11H21N3. The van der Waals surface area contributed by atoms with Crippen molar-refractivity contribution in [1.29, 1.82) is 0 Å². The molecule has 0 saturated carbocycles. The lowest BCUT2D eigenvalue weighted by atomic mass is 10.00. The monoisotopic (exact) mass is 195 g/mol. The average molecular weight is 195 g/mol. The summed E-state index contributed by atoms with van der Waals surface area (Å²) >= 11 is 0. The first-order valence-electron chi connectivity index (χ1n) is 5.27. The molecule has 0 bridgehead atoms. The minimum atomic E-state index is 0.675. The van der Waals surface area contributed by atoms with Crippen molar-refractivity contribution in [3.63, 3.8) is 0 Å². The van der Waals surface area contributed by atoms with Gasteiger partial charge < -0.3 is 5.73 Å². The van der Waals surface area contributed by atoms with Gasteiger partial charge in [-0.05, 0) is 31.4 Å². The highest BCUT2D eigenvalue weighted by molar-refractivity contribution is 5.26. The summed E-state index contributed by atoms with van der Waals surface area (Å²) in [7, 11) is 2.00. The van der Waals surface area contributed by atoms with Gasteiger partial charge in [-0.1, -0.05) is 13.8 Å². The van der Waals surface area contributed by atoms with Crippen LogP contribution in [0.2, 0.25) is 0 Å². The van der Waals surface area contributed by atoms with Crippen molar-refractivity contribution in [2.75, 3.05) is 6.54 Å². The summed E-state index contributed by atoms with van der Waals surface area (Å²) in [6.45, 7) is 7.25. The Labute approximate surface area is 86.3 Å². The van der Waals surface area contributed by atoms with E-state index in [2.05, 4.69) is 25.9 Å². The Balaban J connectivity index is 2.98. The number of hydrogen-bond donors (Lipinski definition) is 1. The van der Waals surface area contributed by atoms with Gasteiger partial charge in [-0.3, -0.25) is 4.68 Å². The molecule has 0 saturated heterocycles. The lowest BCUT2D eigenvalue weighted by Gasteiger charge is -2.07. The van der Waals surface area contributed by atoms with Crippen LogP contribution < -0.4 is 5.73 Å². The van der Waals surface area contributed by atoms with Crippen LogP contribution >= 0.6 is 0 Å². The Morgan fingerprint density at radius 3 is 2.57 bits per heavy atom. The molecule has 0 fully saturated rings. The Kier molecular flexibility index (Phi) is 3.69. The number of rotatable bonds is 4. The van der Waals surface area contributed by atoms with Gasteiger partial charge in [0.15, 0.2) is 0 Å². The molecule has 0 spiro atoms. The lowest BCUT2D eigenvalue weighted by Crippen LogP contribution is -2.10. The van der Waals surface area contributed by atoms with Gasteiger partial charge in [-0.2, -0.15) is 5.10 Å². The molecule has 0 aromatic carbocycles. The summed E-state index contributed by atoms with van der Waals surface area (Å²) in [5.41, 5.74) is 9.45.